The number of pyridine rings is 1. The molecular formula is C47H50F3N5O9. The van der Waals surface area contributed by atoms with Gasteiger partial charge >= 0.3 is 12.3 Å². The molecular weight excluding hydrogens is 836 g/mol. The van der Waals surface area contributed by atoms with Gasteiger partial charge in [-0.1, -0.05) is 60.7 Å². The number of carbonyl (C=O) groups excluding carboxylic acids is 3. The second kappa shape index (κ2) is 19.2. The zero-order valence-electron chi connectivity index (χ0n) is 35.2. The maximum atomic E-state index is 13.3. The number of halogens is 3. The number of anilines is 2. The number of unbranched alkanes of at least 4 members (excludes halogenated alkanes) is 1. The number of aryl methyl sites for hydroxylation is 1. The number of carboxylic acids is 1. The van der Waals surface area contributed by atoms with Crippen LogP contribution in [0.2, 0.25) is 0 Å². The number of nitrogens with one attached hydrogen (secondary N) is 4. The number of benzene rings is 4. The number of quaternary nitrogens is 1. The van der Waals surface area contributed by atoms with Gasteiger partial charge in [0.1, 0.15) is 42.1 Å². The zero-order valence-corrected chi connectivity index (χ0v) is 35.2. The molecule has 17 heteroatoms. The number of phenols is 1. The highest BCUT2D eigenvalue weighted by molar-refractivity contribution is 5.92. The first-order valence-corrected chi connectivity index (χ1v) is 21.0. The predicted molar refractivity (Wildman–Crippen MR) is 230 cm³/mol. The highest BCUT2D eigenvalue weighted by Crippen LogP contribution is 2.51. The maximum absolute atomic E-state index is 13.3. The fraction of sp³-hybridized carbons (Fsp3) is 0.362. The summed E-state index contributed by atoms with van der Waals surface area (Å²) in [5, 5.41) is 39.6. The van der Waals surface area contributed by atoms with Crippen LogP contribution in [0.3, 0.4) is 0 Å². The van der Waals surface area contributed by atoms with Crippen LogP contribution in [0.5, 0.6) is 5.75 Å². The van der Waals surface area contributed by atoms with Crippen molar-refractivity contribution in [2.45, 2.75) is 87.7 Å². The summed E-state index contributed by atoms with van der Waals surface area (Å²) >= 11 is 0. The molecule has 2 bridgehead atoms. The van der Waals surface area contributed by atoms with Gasteiger partial charge in [0.05, 0.1) is 31.4 Å². The number of aromatic amines is 1. The summed E-state index contributed by atoms with van der Waals surface area (Å²) in [6.07, 6.45) is -1.77. The molecule has 1 unspecified atom stereocenters. The number of rotatable bonds is 14. The Bertz CT molecular complexity index is 2510. The van der Waals surface area contributed by atoms with Crippen molar-refractivity contribution >= 4 is 40.2 Å². The lowest BCUT2D eigenvalue weighted by Crippen LogP contribution is -2.60. The number of carboxylic acid groups (broad SMARTS) is 1. The number of hydrogen-bond donors (Lipinski definition) is 6. The van der Waals surface area contributed by atoms with Crippen LogP contribution in [0.25, 0.3) is 22.0 Å². The van der Waals surface area contributed by atoms with Crippen LogP contribution in [0, 0.1) is 0 Å². The van der Waals surface area contributed by atoms with Crippen molar-refractivity contribution in [1.29, 1.82) is 0 Å². The minimum Gasteiger partial charge on any atom is -0.542 e. The number of likely N-dealkylation sites (N-methyl/N-ethyl adjacent to an activating group) is 1. The number of hydrogen-bond acceptors (Lipinski definition) is 10. The van der Waals surface area contributed by atoms with Crippen molar-refractivity contribution in [3.63, 3.8) is 0 Å². The summed E-state index contributed by atoms with van der Waals surface area (Å²) in [6, 6.07) is 30.5. The summed E-state index contributed by atoms with van der Waals surface area (Å²) in [5.41, 5.74) is 5.97. The Morgan fingerprint density at radius 2 is 1.58 bits per heavy atom. The van der Waals surface area contributed by atoms with Gasteiger partial charge in [0, 0.05) is 55.1 Å². The minimum absolute atomic E-state index is 0.0515. The van der Waals surface area contributed by atoms with Gasteiger partial charge in [0.25, 0.3) is 0 Å². The number of carbonyl (C=O) groups is 3. The van der Waals surface area contributed by atoms with Crippen molar-refractivity contribution in [1.82, 2.24) is 10.3 Å². The van der Waals surface area contributed by atoms with E-state index in [9.17, 15) is 37.8 Å². The average molecular weight is 886 g/mol. The van der Waals surface area contributed by atoms with Crippen LogP contribution in [0.15, 0.2) is 102 Å². The number of aromatic nitrogens is 1. The second-order valence-electron chi connectivity index (χ2n) is 16.9. The molecule has 3 aliphatic heterocycles. The molecule has 0 radical (unpaired) electrons. The molecule has 0 aliphatic carbocycles. The Labute approximate surface area is 366 Å². The van der Waals surface area contributed by atoms with Crippen LogP contribution >= 0.6 is 0 Å². The van der Waals surface area contributed by atoms with E-state index in [1.165, 1.54) is 12.1 Å². The monoisotopic (exact) mass is 885 g/mol. The van der Waals surface area contributed by atoms with E-state index in [2.05, 4.69) is 41.1 Å². The Hall–Kier alpha value is -6.27. The van der Waals surface area contributed by atoms with Crippen molar-refractivity contribution in [2.75, 3.05) is 31.3 Å². The number of aliphatic hydroxyl groups excluding tert-OH is 1. The van der Waals surface area contributed by atoms with Gasteiger partial charge in [0.2, 0.25) is 11.5 Å². The summed E-state index contributed by atoms with van der Waals surface area (Å²) in [4.78, 5) is 49.2. The lowest BCUT2D eigenvalue weighted by Gasteiger charge is -2.45. The third kappa shape index (κ3) is 10.9. The van der Waals surface area contributed by atoms with Crippen molar-refractivity contribution in [2.24, 2.45) is 0 Å². The van der Waals surface area contributed by atoms with Crippen molar-refractivity contribution in [3.05, 3.63) is 124 Å². The molecule has 6 atom stereocenters. The number of piperidine rings is 1. The normalized spacial score (nSPS) is 20.9. The molecule has 0 spiro atoms. The fourth-order valence-corrected chi connectivity index (χ4v) is 8.87. The molecule has 3 fully saturated rings. The van der Waals surface area contributed by atoms with E-state index in [1.54, 1.807) is 12.1 Å². The average Bonchev–Trinajstić information content (AvgIpc) is 4.03. The summed E-state index contributed by atoms with van der Waals surface area (Å²) in [5.74, 6) is -3.12. The van der Waals surface area contributed by atoms with E-state index in [0.29, 0.717) is 71.5 Å². The van der Waals surface area contributed by atoms with Gasteiger partial charge in [-0.05, 0) is 71.8 Å². The van der Waals surface area contributed by atoms with Crippen LogP contribution in [-0.4, -0.2) is 94.9 Å². The Morgan fingerprint density at radius 3 is 2.25 bits per heavy atom. The number of fused-ring (bicyclic) bond motifs is 6. The third-order valence-corrected chi connectivity index (χ3v) is 12.2. The number of aliphatic hydroxyl groups is 1. The second-order valence-corrected chi connectivity index (χ2v) is 16.9. The first kappa shape index (κ1) is 45.7. The van der Waals surface area contributed by atoms with Gasteiger partial charge in [-0.3, -0.25) is 14.9 Å². The molecule has 64 heavy (non-hydrogen) atoms. The molecule has 338 valence electrons. The van der Waals surface area contributed by atoms with Crippen LogP contribution in [-0.2, 0) is 32.0 Å². The number of aliphatic carboxylic acids is 1. The molecule has 4 heterocycles. The van der Waals surface area contributed by atoms with E-state index in [-0.39, 0.29) is 29.9 Å². The Kier molecular flexibility index (Phi) is 13.7. The van der Waals surface area contributed by atoms with Crippen LogP contribution < -0.4 is 26.6 Å². The molecule has 3 aliphatic rings. The molecule has 14 nitrogen and oxygen atoms in total. The standard InChI is InChI=1S/C45H49N5O7.C2HF3O2/c1-50(2)36-23-31(24-37(50)44-43(36)57-44)56-45(55)48-35-22-27(14-17-32(35)29-9-4-3-5-10-29)8-6-7-11-40(53)47-30-15-12-28(13-16-30)25-46-26-39(52)33-18-20-38(51)42-34(33)19-21-41(54)49-42;3-2(4,5)1(6)7/h3-5,9-10,12-22,31,36-37,39,43-44,46,52H,6-8,11,23-26H2,1-2H3,(H3-,47,48,49,51,53,54,55);(H,6,7)/t31?,36-,37+,39-,43-,44+;/m0./s1. The first-order chi connectivity index (χ1) is 30.5. The fourth-order valence-electron chi connectivity index (χ4n) is 8.87. The first-order valence-electron chi connectivity index (χ1n) is 21.0. The van der Waals surface area contributed by atoms with Gasteiger partial charge in [-0.25, -0.2) is 4.79 Å². The van der Waals surface area contributed by atoms with Gasteiger partial charge in [0.15, 0.2) is 0 Å². The maximum Gasteiger partial charge on any atom is 0.430 e. The smallest absolute Gasteiger partial charge is 0.430 e. The number of nitrogens with zero attached hydrogens (tertiary/aromatic N) is 1. The van der Waals surface area contributed by atoms with Crippen LogP contribution in [0.4, 0.5) is 29.3 Å². The third-order valence-electron chi connectivity index (χ3n) is 12.2. The molecule has 8 rings (SSSR count). The quantitative estimate of drug-likeness (QED) is 0.0458. The van der Waals surface area contributed by atoms with Crippen molar-refractivity contribution < 1.29 is 56.8 Å². The number of amides is 2. The van der Waals surface area contributed by atoms with E-state index in [1.807, 2.05) is 66.7 Å². The lowest BCUT2D eigenvalue weighted by atomic mass is 9.96. The summed E-state index contributed by atoms with van der Waals surface area (Å²) < 4.78 is 44.4. The summed E-state index contributed by atoms with van der Waals surface area (Å²) in [6.45, 7) is 0.758. The number of phenolic OH excluding ortho intramolecular Hbond substituents is 1. The van der Waals surface area contributed by atoms with E-state index in [4.69, 9.17) is 19.4 Å². The van der Waals surface area contributed by atoms with Crippen molar-refractivity contribution in [3.8, 4) is 16.9 Å². The molecule has 2 amide bonds. The predicted octanol–water partition coefficient (Wildman–Crippen LogP) is 5.68. The van der Waals surface area contributed by atoms with E-state index in [0.717, 1.165) is 52.4 Å². The minimum atomic E-state index is -5.19. The number of ether oxygens (including phenoxy) is 2. The van der Waals surface area contributed by atoms with E-state index < -0.39 is 24.3 Å². The van der Waals surface area contributed by atoms with Gasteiger partial charge in [-0.15, -0.1) is 0 Å². The van der Waals surface area contributed by atoms with Gasteiger partial charge < -0.3 is 49.7 Å². The molecule has 4 aromatic carbocycles. The molecule has 3 saturated heterocycles. The molecule has 0 saturated carbocycles. The number of alkyl halides is 3. The number of epoxide rings is 1. The highest BCUT2D eigenvalue weighted by Gasteiger charge is 2.70. The number of H-pyrrole nitrogens is 1. The largest absolute Gasteiger partial charge is 0.542 e. The SMILES string of the molecule is C[N+]1(C)[C@@H]2CC(OC(=O)Nc3cc(CCCCC(=O)Nc4ccc(CNC[C@H](O)c5ccc(O)c6[nH]c(=O)ccc56)cc4)ccc3-c3ccccc3)C[C@H]1[C@@H]1O[C@@H]12.O=C([O-])C(F)(F)F. The lowest BCUT2D eigenvalue weighted by molar-refractivity contribution is -0.938. The highest BCUT2D eigenvalue weighted by atomic mass is 19.4. The molecule has 1 aromatic heterocycles. The van der Waals surface area contributed by atoms with Gasteiger partial charge in [-0.2, -0.15) is 13.2 Å². The molecule has 6 N–H and O–H groups in total. The topological polar surface area (TPSA) is 205 Å². The Balaban J connectivity index is 0.000000809. The van der Waals surface area contributed by atoms with E-state index >= 15 is 0 Å². The number of morpholine rings is 1. The molecule has 5 aromatic rings. The Morgan fingerprint density at radius 1 is 0.906 bits per heavy atom. The summed E-state index contributed by atoms with van der Waals surface area (Å²) in [7, 11) is 4.52. The zero-order chi connectivity index (χ0) is 45.8. The number of aromatic hydroxyl groups is 1. The van der Waals surface area contributed by atoms with Crippen LogP contribution in [0.1, 0.15) is 54.9 Å².